The molecule has 4 nitrogen and oxygen atoms in total. The number of carbonyl (C=O) groups is 2. The van der Waals surface area contributed by atoms with E-state index in [0.717, 1.165) is 0 Å². The van der Waals surface area contributed by atoms with Crippen LogP contribution in [0.1, 0.15) is 26.3 Å². The van der Waals surface area contributed by atoms with Gasteiger partial charge in [-0.3, -0.25) is 9.68 Å². The van der Waals surface area contributed by atoms with Gasteiger partial charge in [0.15, 0.2) is 5.78 Å². The molecule has 2 aromatic rings. The SMILES string of the molecule is C=CCOOC(=O)c1ccccc1C(=O)c1ccccc1. The molecular formula is C17H14O4. The molecule has 0 aromatic heterocycles. The maximum absolute atomic E-state index is 12.4. The molecule has 0 amide bonds. The fourth-order valence-electron chi connectivity index (χ4n) is 1.78. The largest absolute Gasteiger partial charge is 0.373 e. The Labute approximate surface area is 122 Å². The molecule has 0 saturated carbocycles. The molecule has 4 heteroatoms. The minimum absolute atomic E-state index is 0.0839. The Bertz CT molecular complexity index is 647. The number of carbonyl (C=O) groups excluding carboxylic acids is 2. The summed E-state index contributed by atoms with van der Waals surface area (Å²) in [6.45, 7) is 3.53. The minimum atomic E-state index is -0.711. The molecule has 0 N–H and O–H groups in total. The highest BCUT2D eigenvalue weighted by Crippen LogP contribution is 2.15. The lowest BCUT2D eigenvalue weighted by Gasteiger charge is -2.07. The molecule has 0 unspecified atom stereocenters. The first kappa shape index (κ1) is 14.7. The van der Waals surface area contributed by atoms with Crippen LogP contribution < -0.4 is 0 Å². The predicted octanol–water partition coefficient (Wildman–Crippen LogP) is 3.19. The van der Waals surface area contributed by atoms with Crippen LogP contribution in [0.4, 0.5) is 0 Å². The Kier molecular flexibility index (Phi) is 5.01. The van der Waals surface area contributed by atoms with E-state index in [2.05, 4.69) is 16.4 Å². The first-order chi connectivity index (χ1) is 10.2. The van der Waals surface area contributed by atoms with Gasteiger partial charge in [-0.1, -0.05) is 54.6 Å². The summed E-state index contributed by atoms with van der Waals surface area (Å²) in [5, 5.41) is 0. The average Bonchev–Trinajstić information content (AvgIpc) is 2.55. The Balaban J connectivity index is 2.26. The van der Waals surface area contributed by atoms with E-state index < -0.39 is 5.97 Å². The molecule has 2 aromatic carbocycles. The molecule has 21 heavy (non-hydrogen) atoms. The van der Waals surface area contributed by atoms with Crippen molar-refractivity contribution in [1.82, 2.24) is 0 Å². The van der Waals surface area contributed by atoms with Crippen molar-refractivity contribution in [1.29, 1.82) is 0 Å². The summed E-state index contributed by atoms with van der Waals surface area (Å²) in [6, 6.07) is 15.2. The highest BCUT2D eigenvalue weighted by Gasteiger charge is 2.19. The van der Waals surface area contributed by atoms with Crippen LogP contribution in [-0.2, 0) is 9.78 Å². The van der Waals surface area contributed by atoms with Gasteiger partial charge >= 0.3 is 5.97 Å². The normalized spacial score (nSPS) is 9.90. The molecule has 0 radical (unpaired) electrons. The number of hydrogen-bond acceptors (Lipinski definition) is 4. The quantitative estimate of drug-likeness (QED) is 0.268. The highest BCUT2D eigenvalue weighted by molar-refractivity contribution is 6.14. The Hall–Kier alpha value is -2.72. The van der Waals surface area contributed by atoms with Gasteiger partial charge < -0.3 is 0 Å². The van der Waals surface area contributed by atoms with Gasteiger partial charge in [0.05, 0.1) is 5.56 Å². The minimum Gasteiger partial charge on any atom is -0.292 e. The van der Waals surface area contributed by atoms with E-state index >= 15 is 0 Å². The predicted molar refractivity (Wildman–Crippen MR) is 77.9 cm³/mol. The number of rotatable bonds is 6. The number of benzene rings is 2. The van der Waals surface area contributed by atoms with Crippen molar-refractivity contribution >= 4 is 11.8 Å². The number of hydrogen-bond donors (Lipinski definition) is 0. The molecule has 0 heterocycles. The summed E-state index contributed by atoms with van der Waals surface area (Å²) >= 11 is 0. The van der Waals surface area contributed by atoms with Crippen molar-refractivity contribution in [2.45, 2.75) is 0 Å². The second-order valence-corrected chi connectivity index (χ2v) is 4.18. The van der Waals surface area contributed by atoms with E-state index in [-0.39, 0.29) is 23.5 Å². The van der Waals surface area contributed by atoms with E-state index in [9.17, 15) is 9.59 Å². The summed E-state index contributed by atoms with van der Waals surface area (Å²) in [7, 11) is 0. The fraction of sp³-hybridized carbons (Fsp3) is 0.0588. The molecule has 0 bridgehead atoms. The van der Waals surface area contributed by atoms with Crippen molar-refractivity contribution in [2.24, 2.45) is 0 Å². The van der Waals surface area contributed by atoms with Gasteiger partial charge in [0.1, 0.15) is 6.61 Å². The van der Waals surface area contributed by atoms with Gasteiger partial charge in [0, 0.05) is 11.1 Å². The zero-order valence-electron chi connectivity index (χ0n) is 11.3. The Morgan fingerprint density at radius 1 is 0.952 bits per heavy atom. The Morgan fingerprint density at radius 2 is 1.57 bits per heavy atom. The molecule has 0 aliphatic carbocycles. The third kappa shape index (κ3) is 3.64. The van der Waals surface area contributed by atoms with Crippen LogP contribution in [0.25, 0.3) is 0 Å². The van der Waals surface area contributed by atoms with Crippen molar-refractivity contribution in [3.63, 3.8) is 0 Å². The van der Waals surface area contributed by atoms with E-state index in [4.69, 9.17) is 0 Å². The van der Waals surface area contributed by atoms with Gasteiger partial charge in [-0.05, 0) is 6.07 Å². The van der Waals surface area contributed by atoms with Gasteiger partial charge in [-0.2, -0.15) is 4.89 Å². The Morgan fingerprint density at radius 3 is 2.24 bits per heavy atom. The van der Waals surface area contributed by atoms with Gasteiger partial charge in [-0.25, -0.2) is 4.79 Å². The molecule has 2 rings (SSSR count). The summed E-state index contributed by atoms with van der Waals surface area (Å²) in [5.74, 6) is -0.955. The fourth-order valence-corrected chi connectivity index (χ4v) is 1.78. The van der Waals surface area contributed by atoms with Gasteiger partial charge in [-0.15, -0.1) is 6.58 Å². The standard InChI is InChI=1S/C17H14O4/c1-2-12-20-21-17(19)15-11-7-6-10-14(15)16(18)13-8-4-3-5-9-13/h2-11H,1,12H2. The topological polar surface area (TPSA) is 52.6 Å². The smallest absolute Gasteiger partial charge is 0.292 e. The van der Waals surface area contributed by atoms with Crippen molar-refractivity contribution < 1.29 is 19.4 Å². The van der Waals surface area contributed by atoms with Crippen molar-refractivity contribution in [3.05, 3.63) is 83.9 Å². The molecule has 0 aliphatic rings. The summed E-state index contributed by atoms with van der Waals surface area (Å²) in [4.78, 5) is 33.7. The second kappa shape index (κ2) is 7.17. The first-order valence-corrected chi connectivity index (χ1v) is 6.37. The van der Waals surface area contributed by atoms with E-state index in [0.29, 0.717) is 5.56 Å². The number of ketones is 1. The molecule has 0 spiro atoms. The first-order valence-electron chi connectivity index (χ1n) is 6.37. The molecule has 0 saturated heterocycles. The van der Waals surface area contributed by atoms with Crippen LogP contribution in [0.5, 0.6) is 0 Å². The van der Waals surface area contributed by atoms with Gasteiger partial charge in [0.2, 0.25) is 0 Å². The molecule has 0 atom stereocenters. The van der Waals surface area contributed by atoms with Crippen molar-refractivity contribution in [3.8, 4) is 0 Å². The maximum atomic E-state index is 12.4. The van der Waals surface area contributed by atoms with Crippen LogP contribution >= 0.6 is 0 Å². The second-order valence-electron chi connectivity index (χ2n) is 4.18. The lowest BCUT2D eigenvalue weighted by Crippen LogP contribution is -2.13. The lowest BCUT2D eigenvalue weighted by molar-refractivity contribution is -0.231. The highest BCUT2D eigenvalue weighted by atomic mass is 17.2. The molecule has 106 valence electrons. The maximum Gasteiger partial charge on any atom is 0.373 e. The molecule has 0 aliphatic heterocycles. The average molecular weight is 282 g/mol. The van der Waals surface area contributed by atoms with E-state index in [1.807, 2.05) is 6.07 Å². The summed E-state index contributed by atoms with van der Waals surface area (Å²) in [6.07, 6.45) is 1.45. The van der Waals surface area contributed by atoms with Crippen LogP contribution in [0.2, 0.25) is 0 Å². The molecular weight excluding hydrogens is 268 g/mol. The van der Waals surface area contributed by atoms with Crippen LogP contribution in [0, 0.1) is 0 Å². The summed E-state index contributed by atoms with van der Waals surface area (Å²) in [5.41, 5.74) is 0.941. The van der Waals surface area contributed by atoms with E-state index in [1.165, 1.54) is 12.1 Å². The molecule has 0 fully saturated rings. The van der Waals surface area contributed by atoms with Crippen LogP contribution in [0.3, 0.4) is 0 Å². The third-order valence-corrected chi connectivity index (χ3v) is 2.75. The van der Waals surface area contributed by atoms with Crippen molar-refractivity contribution in [2.75, 3.05) is 6.61 Å². The third-order valence-electron chi connectivity index (χ3n) is 2.75. The van der Waals surface area contributed by atoms with Crippen LogP contribution in [0.15, 0.2) is 67.3 Å². The lowest BCUT2D eigenvalue weighted by atomic mass is 9.98. The zero-order valence-corrected chi connectivity index (χ0v) is 11.3. The summed E-state index contributed by atoms with van der Waals surface area (Å²) < 4.78 is 0. The van der Waals surface area contributed by atoms with Crippen LogP contribution in [-0.4, -0.2) is 18.4 Å². The van der Waals surface area contributed by atoms with Gasteiger partial charge in [0.25, 0.3) is 0 Å². The monoisotopic (exact) mass is 282 g/mol. The van der Waals surface area contributed by atoms with E-state index in [1.54, 1.807) is 42.5 Å². The zero-order chi connectivity index (χ0) is 15.1.